The second-order valence-electron chi connectivity index (χ2n) is 7.31. The Bertz CT molecular complexity index is 644. The molecule has 1 N–H and O–H groups in total. The van der Waals surface area contributed by atoms with Crippen molar-refractivity contribution in [1.82, 2.24) is 10.2 Å². The predicted molar refractivity (Wildman–Crippen MR) is 90.5 cm³/mol. The van der Waals surface area contributed by atoms with Crippen LogP contribution in [0.3, 0.4) is 0 Å². The fourth-order valence-electron chi connectivity index (χ4n) is 3.30. The third kappa shape index (κ3) is 3.07. The van der Waals surface area contributed by atoms with Gasteiger partial charge in [-0.15, -0.1) is 0 Å². The normalized spacial score (nSPS) is 19.4. The Morgan fingerprint density at radius 3 is 2.12 bits per heavy atom. The molecule has 24 heavy (non-hydrogen) atoms. The monoisotopic (exact) mass is 328 g/mol. The molecule has 0 aromatic heterocycles. The van der Waals surface area contributed by atoms with Crippen LogP contribution in [0.5, 0.6) is 0 Å². The SMILES string of the molecule is CC(C)CC(C(=O)NC(C)C1CC1)N1C(=O)c2ccccc2C1=O. The molecule has 0 bridgehead atoms. The van der Waals surface area contributed by atoms with Gasteiger partial charge < -0.3 is 5.32 Å². The van der Waals surface area contributed by atoms with Crippen molar-refractivity contribution in [3.63, 3.8) is 0 Å². The molecule has 0 spiro atoms. The Kier molecular flexibility index (Phi) is 4.43. The van der Waals surface area contributed by atoms with E-state index in [0.717, 1.165) is 17.7 Å². The zero-order valence-corrected chi connectivity index (χ0v) is 14.4. The molecule has 1 fully saturated rings. The molecule has 5 heteroatoms. The summed E-state index contributed by atoms with van der Waals surface area (Å²) in [7, 11) is 0. The Labute approximate surface area is 142 Å². The Balaban J connectivity index is 1.85. The topological polar surface area (TPSA) is 66.5 Å². The van der Waals surface area contributed by atoms with Gasteiger partial charge in [-0.3, -0.25) is 19.3 Å². The number of rotatable bonds is 6. The maximum absolute atomic E-state index is 12.8. The summed E-state index contributed by atoms with van der Waals surface area (Å²) in [5.41, 5.74) is 0.776. The molecule has 1 aromatic rings. The highest BCUT2D eigenvalue weighted by atomic mass is 16.2. The molecule has 3 rings (SSSR count). The van der Waals surface area contributed by atoms with Gasteiger partial charge in [-0.2, -0.15) is 0 Å². The van der Waals surface area contributed by atoms with Gasteiger partial charge in [-0.05, 0) is 50.2 Å². The van der Waals surface area contributed by atoms with Crippen molar-refractivity contribution in [3.05, 3.63) is 35.4 Å². The molecule has 2 unspecified atom stereocenters. The minimum atomic E-state index is -0.751. The summed E-state index contributed by atoms with van der Waals surface area (Å²) >= 11 is 0. The third-order valence-electron chi connectivity index (χ3n) is 4.83. The number of fused-ring (bicyclic) bond motifs is 1. The van der Waals surface area contributed by atoms with Crippen molar-refractivity contribution in [2.24, 2.45) is 11.8 Å². The lowest BCUT2D eigenvalue weighted by Crippen LogP contribution is -2.52. The summed E-state index contributed by atoms with van der Waals surface area (Å²) < 4.78 is 0. The van der Waals surface area contributed by atoms with Crippen LogP contribution in [0.15, 0.2) is 24.3 Å². The standard InChI is InChI=1S/C19H24N2O3/c1-11(2)10-16(17(22)20-12(3)13-8-9-13)21-18(23)14-6-4-5-7-15(14)19(21)24/h4-7,11-13,16H,8-10H2,1-3H3,(H,20,22). The maximum Gasteiger partial charge on any atom is 0.262 e. The zero-order chi connectivity index (χ0) is 17.4. The summed E-state index contributed by atoms with van der Waals surface area (Å²) in [4.78, 5) is 39.3. The van der Waals surface area contributed by atoms with Crippen LogP contribution >= 0.6 is 0 Å². The predicted octanol–water partition coefficient (Wildman–Crippen LogP) is 2.61. The first-order chi connectivity index (χ1) is 11.4. The Hall–Kier alpha value is -2.17. The third-order valence-corrected chi connectivity index (χ3v) is 4.83. The van der Waals surface area contributed by atoms with Gasteiger partial charge >= 0.3 is 0 Å². The zero-order valence-electron chi connectivity index (χ0n) is 14.4. The first-order valence-corrected chi connectivity index (χ1v) is 8.67. The molecular weight excluding hydrogens is 304 g/mol. The lowest BCUT2D eigenvalue weighted by molar-refractivity contribution is -0.126. The van der Waals surface area contributed by atoms with Crippen molar-refractivity contribution in [2.45, 2.75) is 52.1 Å². The van der Waals surface area contributed by atoms with Crippen LogP contribution in [0, 0.1) is 11.8 Å². The lowest BCUT2D eigenvalue weighted by Gasteiger charge is -2.28. The summed E-state index contributed by atoms with van der Waals surface area (Å²) in [5.74, 6) is -0.235. The number of benzene rings is 1. The fourth-order valence-corrected chi connectivity index (χ4v) is 3.30. The number of carbonyl (C=O) groups is 3. The average molecular weight is 328 g/mol. The smallest absolute Gasteiger partial charge is 0.262 e. The molecule has 128 valence electrons. The molecule has 2 atom stereocenters. The van der Waals surface area contributed by atoms with Crippen LogP contribution in [-0.4, -0.2) is 34.7 Å². The van der Waals surface area contributed by atoms with E-state index in [1.807, 2.05) is 20.8 Å². The van der Waals surface area contributed by atoms with Gasteiger partial charge in [0, 0.05) is 6.04 Å². The van der Waals surface area contributed by atoms with E-state index in [4.69, 9.17) is 0 Å². The van der Waals surface area contributed by atoms with Gasteiger partial charge in [-0.1, -0.05) is 26.0 Å². The van der Waals surface area contributed by atoms with Gasteiger partial charge in [0.1, 0.15) is 6.04 Å². The van der Waals surface area contributed by atoms with Gasteiger partial charge in [0.15, 0.2) is 0 Å². The first-order valence-electron chi connectivity index (χ1n) is 8.67. The summed E-state index contributed by atoms with van der Waals surface area (Å²) in [5, 5.41) is 3.01. The number of hydrogen-bond acceptors (Lipinski definition) is 3. The highest BCUT2D eigenvalue weighted by molar-refractivity contribution is 6.22. The molecule has 5 nitrogen and oxygen atoms in total. The van der Waals surface area contributed by atoms with Crippen LogP contribution in [0.4, 0.5) is 0 Å². The van der Waals surface area contributed by atoms with Gasteiger partial charge in [-0.25, -0.2) is 0 Å². The number of nitrogens with one attached hydrogen (secondary N) is 1. The minimum absolute atomic E-state index is 0.0855. The van der Waals surface area contributed by atoms with E-state index in [0.29, 0.717) is 23.5 Å². The van der Waals surface area contributed by atoms with Crippen molar-refractivity contribution in [2.75, 3.05) is 0 Å². The number of carbonyl (C=O) groups excluding carboxylic acids is 3. The molecule has 1 heterocycles. The number of nitrogens with zero attached hydrogens (tertiary/aromatic N) is 1. The van der Waals surface area contributed by atoms with Gasteiger partial charge in [0.05, 0.1) is 11.1 Å². The van der Waals surface area contributed by atoms with Gasteiger partial charge in [0.2, 0.25) is 5.91 Å². The van der Waals surface area contributed by atoms with E-state index < -0.39 is 6.04 Å². The second kappa shape index (κ2) is 6.38. The van der Waals surface area contributed by atoms with Crippen LogP contribution in [-0.2, 0) is 4.79 Å². The average Bonchev–Trinajstić information content (AvgIpc) is 3.35. The highest BCUT2D eigenvalue weighted by Gasteiger charge is 2.43. The van der Waals surface area contributed by atoms with E-state index in [2.05, 4.69) is 5.32 Å². The van der Waals surface area contributed by atoms with Crippen LogP contribution in [0.2, 0.25) is 0 Å². The molecule has 1 aliphatic carbocycles. The second-order valence-corrected chi connectivity index (χ2v) is 7.31. The van der Waals surface area contributed by atoms with Crippen molar-refractivity contribution < 1.29 is 14.4 Å². The van der Waals surface area contributed by atoms with E-state index in [-0.39, 0.29) is 29.7 Å². The highest BCUT2D eigenvalue weighted by Crippen LogP contribution is 2.33. The Morgan fingerprint density at radius 2 is 1.67 bits per heavy atom. The fraction of sp³-hybridized carbons (Fsp3) is 0.526. The summed E-state index contributed by atoms with van der Waals surface area (Å²) in [6.07, 6.45) is 2.72. The first kappa shape index (κ1) is 16.7. The quantitative estimate of drug-likeness (QED) is 0.816. The number of hydrogen-bond donors (Lipinski definition) is 1. The van der Waals surface area contributed by atoms with Crippen LogP contribution in [0.25, 0.3) is 0 Å². The minimum Gasteiger partial charge on any atom is -0.352 e. The molecule has 1 saturated carbocycles. The van der Waals surface area contributed by atoms with Crippen LogP contribution in [0.1, 0.15) is 60.7 Å². The van der Waals surface area contributed by atoms with E-state index in [9.17, 15) is 14.4 Å². The maximum atomic E-state index is 12.8. The van der Waals surface area contributed by atoms with Crippen molar-refractivity contribution in [1.29, 1.82) is 0 Å². The van der Waals surface area contributed by atoms with E-state index in [1.165, 1.54) is 0 Å². The molecule has 1 aromatic carbocycles. The molecular formula is C19H24N2O3. The van der Waals surface area contributed by atoms with Crippen molar-refractivity contribution >= 4 is 17.7 Å². The lowest BCUT2D eigenvalue weighted by atomic mass is 10.0. The molecule has 1 aliphatic heterocycles. The van der Waals surface area contributed by atoms with Crippen LogP contribution < -0.4 is 5.32 Å². The molecule has 0 radical (unpaired) electrons. The van der Waals surface area contributed by atoms with E-state index >= 15 is 0 Å². The largest absolute Gasteiger partial charge is 0.352 e. The number of imide groups is 1. The number of amides is 3. The van der Waals surface area contributed by atoms with E-state index in [1.54, 1.807) is 24.3 Å². The van der Waals surface area contributed by atoms with Gasteiger partial charge in [0.25, 0.3) is 11.8 Å². The molecule has 2 aliphatic rings. The molecule has 3 amide bonds. The summed E-state index contributed by atoms with van der Waals surface area (Å²) in [6, 6.07) is 6.10. The summed E-state index contributed by atoms with van der Waals surface area (Å²) in [6.45, 7) is 5.97. The molecule has 0 saturated heterocycles. The Morgan fingerprint density at radius 1 is 1.12 bits per heavy atom. The van der Waals surface area contributed by atoms with Crippen molar-refractivity contribution in [3.8, 4) is 0 Å².